The van der Waals surface area contributed by atoms with Crippen molar-refractivity contribution in [2.75, 3.05) is 19.6 Å². The van der Waals surface area contributed by atoms with Crippen LogP contribution in [0.3, 0.4) is 0 Å². The Morgan fingerprint density at radius 1 is 1.09 bits per heavy atom. The predicted octanol–water partition coefficient (Wildman–Crippen LogP) is 3.36. The van der Waals surface area contributed by atoms with E-state index in [0.29, 0.717) is 6.04 Å². The van der Waals surface area contributed by atoms with Crippen molar-refractivity contribution in [1.29, 1.82) is 0 Å². The summed E-state index contributed by atoms with van der Waals surface area (Å²) in [6, 6.07) is 3.83. The van der Waals surface area contributed by atoms with E-state index in [1.807, 2.05) is 0 Å². The molecule has 22 heavy (non-hydrogen) atoms. The molecular formula is C18H28FN3. The Hall–Kier alpha value is -1.00. The lowest BCUT2D eigenvalue weighted by Crippen LogP contribution is -2.44. The van der Waals surface area contributed by atoms with E-state index in [4.69, 9.17) is 0 Å². The van der Waals surface area contributed by atoms with Crippen molar-refractivity contribution in [2.45, 2.75) is 57.5 Å². The van der Waals surface area contributed by atoms with Gasteiger partial charge >= 0.3 is 0 Å². The molecule has 0 atom stereocenters. The van der Waals surface area contributed by atoms with Crippen LogP contribution in [0.25, 0.3) is 0 Å². The average Bonchev–Trinajstić information content (AvgIpc) is 2.57. The average molecular weight is 305 g/mol. The van der Waals surface area contributed by atoms with Crippen molar-refractivity contribution >= 4 is 0 Å². The fourth-order valence-corrected chi connectivity index (χ4v) is 3.81. The van der Waals surface area contributed by atoms with E-state index < -0.39 is 0 Å². The Kier molecular flexibility index (Phi) is 5.79. The van der Waals surface area contributed by atoms with Crippen LogP contribution in [0.1, 0.15) is 50.6 Å². The van der Waals surface area contributed by atoms with Crippen LogP contribution in [-0.2, 0) is 6.54 Å². The van der Waals surface area contributed by atoms with Crippen LogP contribution in [0.15, 0.2) is 18.3 Å². The van der Waals surface area contributed by atoms with Crippen LogP contribution in [0, 0.1) is 11.7 Å². The number of hydrogen-bond donors (Lipinski definition) is 1. The number of nitrogens with one attached hydrogen (secondary N) is 1. The van der Waals surface area contributed by atoms with Crippen LogP contribution < -0.4 is 5.32 Å². The summed E-state index contributed by atoms with van der Waals surface area (Å²) in [6.45, 7) is 4.48. The molecule has 3 rings (SSSR count). The second-order valence-electron chi connectivity index (χ2n) is 6.93. The lowest BCUT2D eigenvalue weighted by molar-refractivity contribution is 0.155. The van der Waals surface area contributed by atoms with Crippen molar-refractivity contribution in [1.82, 2.24) is 15.2 Å². The standard InChI is InChI=1S/C18H28FN3/c19-16-6-7-18(20-12-16)13-21-17-8-10-22(11-9-17)14-15-4-2-1-3-5-15/h6-7,12,15,17,21H,1-5,8-11,13-14H2. The van der Waals surface area contributed by atoms with E-state index in [1.165, 1.54) is 76.8 Å². The SMILES string of the molecule is Fc1ccc(CNC2CCN(CC3CCCCC3)CC2)nc1. The minimum atomic E-state index is -0.264. The maximum absolute atomic E-state index is 12.8. The molecule has 122 valence electrons. The third kappa shape index (κ3) is 4.75. The highest BCUT2D eigenvalue weighted by atomic mass is 19.1. The first-order valence-corrected chi connectivity index (χ1v) is 8.86. The smallest absolute Gasteiger partial charge is 0.141 e. The Morgan fingerprint density at radius 2 is 1.86 bits per heavy atom. The monoisotopic (exact) mass is 305 g/mol. The third-order valence-corrected chi connectivity index (χ3v) is 5.19. The van der Waals surface area contributed by atoms with Crippen molar-refractivity contribution < 1.29 is 4.39 Å². The molecule has 2 aliphatic rings. The normalized spacial score (nSPS) is 22.0. The molecule has 0 unspecified atom stereocenters. The van der Waals surface area contributed by atoms with E-state index in [2.05, 4.69) is 15.2 Å². The molecule has 0 radical (unpaired) electrons. The van der Waals surface area contributed by atoms with E-state index in [0.717, 1.165) is 18.2 Å². The van der Waals surface area contributed by atoms with Gasteiger partial charge in [0.2, 0.25) is 0 Å². The van der Waals surface area contributed by atoms with Crippen LogP contribution in [-0.4, -0.2) is 35.6 Å². The molecule has 1 aromatic rings. The number of aromatic nitrogens is 1. The van der Waals surface area contributed by atoms with Gasteiger partial charge in [0.15, 0.2) is 0 Å². The van der Waals surface area contributed by atoms with Gasteiger partial charge in [-0.3, -0.25) is 4.98 Å². The molecule has 0 bridgehead atoms. The number of rotatable bonds is 5. The van der Waals surface area contributed by atoms with Gasteiger partial charge in [-0.25, -0.2) is 4.39 Å². The van der Waals surface area contributed by atoms with Gasteiger partial charge < -0.3 is 10.2 Å². The molecule has 0 amide bonds. The molecule has 1 N–H and O–H groups in total. The molecule has 1 aliphatic heterocycles. The summed E-state index contributed by atoms with van der Waals surface area (Å²) in [5.41, 5.74) is 0.922. The van der Waals surface area contributed by atoms with Gasteiger partial charge in [-0.05, 0) is 56.8 Å². The number of pyridine rings is 1. The van der Waals surface area contributed by atoms with Gasteiger partial charge in [0.05, 0.1) is 11.9 Å². The third-order valence-electron chi connectivity index (χ3n) is 5.19. The number of likely N-dealkylation sites (tertiary alicyclic amines) is 1. The van der Waals surface area contributed by atoms with E-state index in [-0.39, 0.29) is 5.82 Å². The van der Waals surface area contributed by atoms with Crippen molar-refractivity contribution in [2.24, 2.45) is 5.92 Å². The second kappa shape index (κ2) is 8.02. The molecule has 1 aliphatic carbocycles. The predicted molar refractivity (Wildman–Crippen MR) is 87.1 cm³/mol. The fourth-order valence-electron chi connectivity index (χ4n) is 3.81. The minimum absolute atomic E-state index is 0.264. The summed E-state index contributed by atoms with van der Waals surface area (Å²) in [5, 5.41) is 3.57. The maximum Gasteiger partial charge on any atom is 0.141 e. The van der Waals surface area contributed by atoms with Gasteiger partial charge in [0.1, 0.15) is 5.82 Å². The number of halogens is 1. The fraction of sp³-hybridized carbons (Fsp3) is 0.722. The highest BCUT2D eigenvalue weighted by Crippen LogP contribution is 2.25. The van der Waals surface area contributed by atoms with Gasteiger partial charge in [0.25, 0.3) is 0 Å². The quantitative estimate of drug-likeness (QED) is 0.904. The van der Waals surface area contributed by atoms with Crippen LogP contribution in [0.5, 0.6) is 0 Å². The Labute approximate surface area is 133 Å². The van der Waals surface area contributed by atoms with Crippen LogP contribution in [0.2, 0.25) is 0 Å². The molecule has 2 heterocycles. The first-order chi connectivity index (χ1) is 10.8. The van der Waals surface area contributed by atoms with Gasteiger partial charge in [-0.1, -0.05) is 19.3 Å². The van der Waals surface area contributed by atoms with Crippen molar-refractivity contribution in [3.63, 3.8) is 0 Å². The lowest BCUT2D eigenvalue weighted by Gasteiger charge is -2.35. The molecule has 4 heteroatoms. The summed E-state index contributed by atoms with van der Waals surface area (Å²) in [5.74, 6) is 0.682. The highest BCUT2D eigenvalue weighted by Gasteiger charge is 2.22. The zero-order chi connectivity index (χ0) is 15.2. The minimum Gasteiger partial charge on any atom is -0.308 e. The van der Waals surface area contributed by atoms with Gasteiger partial charge in [-0.2, -0.15) is 0 Å². The maximum atomic E-state index is 12.8. The van der Waals surface area contributed by atoms with E-state index in [9.17, 15) is 4.39 Å². The zero-order valence-corrected chi connectivity index (χ0v) is 13.4. The van der Waals surface area contributed by atoms with Crippen LogP contribution in [0.4, 0.5) is 4.39 Å². The Morgan fingerprint density at radius 3 is 2.55 bits per heavy atom. The lowest BCUT2D eigenvalue weighted by atomic mass is 9.88. The molecule has 1 aromatic heterocycles. The molecular weight excluding hydrogens is 277 g/mol. The summed E-state index contributed by atoms with van der Waals surface area (Å²) in [6.07, 6.45) is 10.9. The largest absolute Gasteiger partial charge is 0.308 e. The van der Waals surface area contributed by atoms with E-state index in [1.54, 1.807) is 6.07 Å². The number of piperidine rings is 1. The Balaban J connectivity index is 1.35. The summed E-state index contributed by atoms with van der Waals surface area (Å²) < 4.78 is 12.8. The molecule has 2 fully saturated rings. The van der Waals surface area contributed by atoms with E-state index >= 15 is 0 Å². The van der Waals surface area contributed by atoms with Gasteiger partial charge in [-0.15, -0.1) is 0 Å². The zero-order valence-electron chi connectivity index (χ0n) is 13.4. The summed E-state index contributed by atoms with van der Waals surface area (Å²) in [7, 11) is 0. The Bertz CT molecular complexity index is 434. The molecule has 1 saturated carbocycles. The molecule has 0 spiro atoms. The highest BCUT2D eigenvalue weighted by molar-refractivity contribution is 5.05. The summed E-state index contributed by atoms with van der Waals surface area (Å²) in [4.78, 5) is 6.76. The first-order valence-electron chi connectivity index (χ1n) is 8.86. The second-order valence-corrected chi connectivity index (χ2v) is 6.93. The topological polar surface area (TPSA) is 28.2 Å². The number of nitrogens with zero attached hydrogens (tertiary/aromatic N) is 2. The van der Waals surface area contributed by atoms with Crippen molar-refractivity contribution in [3.8, 4) is 0 Å². The molecule has 1 saturated heterocycles. The molecule has 3 nitrogen and oxygen atoms in total. The number of hydrogen-bond acceptors (Lipinski definition) is 3. The van der Waals surface area contributed by atoms with Crippen molar-refractivity contribution in [3.05, 3.63) is 29.8 Å². The van der Waals surface area contributed by atoms with Crippen LogP contribution >= 0.6 is 0 Å². The first kappa shape index (κ1) is 15.9. The molecule has 0 aromatic carbocycles. The summed E-state index contributed by atoms with van der Waals surface area (Å²) >= 11 is 0. The van der Waals surface area contributed by atoms with Gasteiger partial charge in [0, 0.05) is 19.1 Å².